The maximum Gasteiger partial charge on any atom is 0.334 e. The molecular weight excluding hydrogens is 176 g/mol. The van der Waals surface area contributed by atoms with Crippen LogP contribution in [0.3, 0.4) is 0 Å². The van der Waals surface area contributed by atoms with Crippen LogP contribution in [0.25, 0.3) is 9.69 Å². The lowest BCUT2D eigenvalue weighted by atomic mass is 10.2. The lowest BCUT2D eigenvalue weighted by Crippen LogP contribution is -2.10. The summed E-state index contributed by atoms with van der Waals surface area (Å²) in [5.41, 5.74) is 0. The first kappa shape index (κ1) is 12.6. The van der Waals surface area contributed by atoms with E-state index in [4.69, 9.17) is 13.1 Å². The topological polar surface area (TPSA) is 33.4 Å². The fourth-order valence-electron chi connectivity index (χ4n) is 0.753. The lowest BCUT2D eigenvalue weighted by Gasteiger charge is -2.04. The Morgan fingerprint density at radius 2 is 1.07 bits per heavy atom. The monoisotopic (exact) mass is 192 g/mol. The van der Waals surface area contributed by atoms with Crippen LogP contribution in [0.2, 0.25) is 0 Å². The third-order valence-corrected chi connectivity index (χ3v) is 1.76. The molecule has 0 heterocycles. The van der Waals surface area contributed by atoms with Crippen molar-refractivity contribution in [1.82, 2.24) is 0 Å². The molecule has 0 amide bonds. The van der Waals surface area contributed by atoms with Crippen LogP contribution in [0.1, 0.15) is 27.7 Å². The second kappa shape index (κ2) is 6.10. The molecule has 0 aliphatic heterocycles. The van der Waals surface area contributed by atoms with Gasteiger partial charge in [0.25, 0.3) is 0 Å². The van der Waals surface area contributed by atoms with Gasteiger partial charge in [-0.25, -0.2) is 13.1 Å². The Balaban J connectivity index is 4.42. The van der Waals surface area contributed by atoms with Crippen LogP contribution in [-0.4, -0.2) is 12.3 Å². The van der Waals surface area contributed by atoms with E-state index in [2.05, 4.69) is 19.9 Å². The van der Waals surface area contributed by atoms with E-state index in [1.54, 1.807) is 0 Å². The number of azo groups is 1. The van der Waals surface area contributed by atoms with Crippen molar-refractivity contribution in [1.29, 1.82) is 0 Å². The molecule has 2 atom stereocenters. The highest BCUT2D eigenvalue weighted by Crippen LogP contribution is 2.13. The van der Waals surface area contributed by atoms with Crippen molar-refractivity contribution in [2.24, 2.45) is 22.1 Å². The molecule has 0 aliphatic rings. The highest BCUT2D eigenvalue weighted by molar-refractivity contribution is 4.81. The largest absolute Gasteiger partial charge is 0.334 e. The van der Waals surface area contributed by atoms with Crippen molar-refractivity contribution in [2.45, 2.75) is 40.0 Å². The normalized spacial score (nSPS) is 15.4. The summed E-state index contributed by atoms with van der Waals surface area (Å²) in [6.07, 6.45) is -0.893. The molecule has 0 radical (unpaired) electrons. The van der Waals surface area contributed by atoms with Crippen molar-refractivity contribution < 1.29 is 0 Å². The molecule has 0 saturated heterocycles. The zero-order chi connectivity index (χ0) is 11.1. The van der Waals surface area contributed by atoms with Gasteiger partial charge in [0.15, 0.2) is 0 Å². The van der Waals surface area contributed by atoms with Crippen LogP contribution in [-0.2, 0) is 0 Å². The fourth-order valence-corrected chi connectivity index (χ4v) is 0.753. The third-order valence-electron chi connectivity index (χ3n) is 1.76. The third kappa shape index (κ3) is 4.00. The summed E-state index contributed by atoms with van der Waals surface area (Å²) in [6.45, 7) is 21.5. The summed E-state index contributed by atoms with van der Waals surface area (Å²) in [5.74, 6) is 0.296. The van der Waals surface area contributed by atoms with Gasteiger partial charge >= 0.3 is 12.3 Å². The van der Waals surface area contributed by atoms with Crippen LogP contribution >= 0.6 is 0 Å². The highest BCUT2D eigenvalue weighted by atomic mass is 15.2. The lowest BCUT2D eigenvalue weighted by molar-refractivity contribution is 0.494. The Kier molecular flexibility index (Phi) is 5.48. The van der Waals surface area contributed by atoms with Crippen molar-refractivity contribution in [3.8, 4) is 0 Å². The smallest absolute Gasteiger partial charge is 0.286 e. The molecule has 14 heavy (non-hydrogen) atoms. The summed E-state index contributed by atoms with van der Waals surface area (Å²) in [6, 6.07) is 0. The molecular formula is C10H16N4. The molecule has 0 aromatic rings. The van der Waals surface area contributed by atoms with E-state index in [1.807, 2.05) is 27.7 Å². The van der Waals surface area contributed by atoms with Gasteiger partial charge in [-0.1, -0.05) is 27.7 Å². The van der Waals surface area contributed by atoms with Crippen molar-refractivity contribution in [3.05, 3.63) is 22.8 Å². The highest BCUT2D eigenvalue weighted by Gasteiger charge is 2.20. The van der Waals surface area contributed by atoms with E-state index in [1.165, 1.54) is 0 Å². The maximum atomic E-state index is 6.89. The van der Waals surface area contributed by atoms with E-state index >= 15 is 0 Å². The molecule has 0 saturated carbocycles. The number of hydrogen-bond acceptors (Lipinski definition) is 2. The van der Waals surface area contributed by atoms with Crippen molar-refractivity contribution in [2.75, 3.05) is 0 Å². The minimum Gasteiger partial charge on any atom is -0.286 e. The molecule has 4 nitrogen and oxygen atoms in total. The molecule has 2 unspecified atom stereocenters. The Morgan fingerprint density at radius 3 is 1.21 bits per heavy atom. The first-order chi connectivity index (χ1) is 6.52. The molecule has 0 aliphatic carbocycles. The molecule has 0 fully saturated rings. The van der Waals surface area contributed by atoms with Crippen LogP contribution in [0.5, 0.6) is 0 Å². The average molecular weight is 192 g/mol. The Hall–Kier alpha value is -1.42. The number of hydrogen-bond donors (Lipinski definition) is 0. The molecule has 0 spiro atoms. The van der Waals surface area contributed by atoms with Crippen LogP contribution in [0.4, 0.5) is 0 Å². The van der Waals surface area contributed by atoms with Gasteiger partial charge in [-0.15, -0.1) is 10.2 Å². The summed E-state index contributed by atoms with van der Waals surface area (Å²) in [5, 5.41) is 7.78. The average Bonchev–Trinajstić information content (AvgIpc) is 2.11. The van der Waals surface area contributed by atoms with Gasteiger partial charge < -0.3 is 0 Å². The number of rotatable bonds is 4. The minimum atomic E-state index is -0.446. The van der Waals surface area contributed by atoms with Gasteiger partial charge in [0.2, 0.25) is 0 Å². The van der Waals surface area contributed by atoms with Gasteiger partial charge in [-0.05, 0) is 0 Å². The van der Waals surface area contributed by atoms with Crippen molar-refractivity contribution in [3.63, 3.8) is 0 Å². The van der Waals surface area contributed by atoms with Gasteiger partial charge in [0, 0.05) is 0 Å². The van der Waals surface area contributed by atoms with Gasteiger partial charge in [0.1, 0.15) is 0 Å². The number of nitrogens with zero attached hydrogens (tertiary/aromatic N) is 4. The summed E-state index contributed by atoms with van der Waals surface area (Å²) in [7, 11) is 0. The summed E-state index contributed by atoms with van der Waals surface area (Å²) >= 11 is 0. The second-order valence-corrected chi connectivity index (χ2v) is 3.80. The molecule has 0 aromatic carbocycles. The summed E-state index contributed by atoms with van der Waals surface area (Å²) in [4.78, 5) is 6.68. The zero-order valence-corrected chi connectivity index (χ0v) is 9.10. The fraction of sp³-hybridized carbons (Fsp3) is 0.800. The molecule has 0 rings (SSSR count). The Bertz CT molecular complexity index is 239. The van der Waals surface area contributed by atoms with Gasteiger partial charge in [0.05, 0.1) is 11.8 Å². The van der Waals surface area contributed by atoms with Gasteiger partial charge in [-0.3, -0.25) is 9.69 Å². The SMILES string of the molecule is [C-]#[N+]C(N=NC([N+]#[C-])C(C)C)C(C)C. The predicted octanol–water partition coefficient (Wildman–Crippen LogP) is 3.24. The van der Waals surface area contributed by atoms with E-state index in [9.17, 15) is 0 Å². The minimum absolute atomic E-state index is 0.148. The molecule has 76 valence electrons. The first-order valence-electron chi connectivity index (χ1n) is 4.66. The van der Waals surface area contributed by atoms with E-state index in [0.717, 1.165) is 0 Å². The molecule has 4 heteroatoms. The van der Waals surface area contributed by atoms with E-state index in [-0.39, 0.29) is 11.8 Å². The Labute approximate surface area is 85.7 Å². The van der Waals surface area contributed by atoms with Crippen LogP contribution in [0, 0.1) is 25.0 Å². The quantitative estimate of drug-likeness (QED) is 0.484. The van der Waals surface area contributed by atoms with E-state index in [0.29, 0.717) is 0 Å². The Morgan fingerprint density at radius 1 is 0.786 bits per heavy atom. The molecule has 0 aromatic heterocycles. The first-order valence-corrected chi connectivity index (χ1v) is 4.66. The second-order valence-electron chi connectivity index (χ2n) is 3.80. The van der Waals surface area contributed by atoms with Crippen LogP contribution < -0.4 is 0 Å². The zero-order valence-electron chi connectivity index (χ0n) is 9.10. The van der Waals surface area contributed by atoms with Crippen LogP contribution in [0.15, 0.2) is 10.2 Å². The molecule has 0 bridgehead atoms. The molecule has 0 N–H and O–H groups in total. The maximum absolute atomic E-state index is 6.89. The summed E-state index contributed by atoms with van der Waals surface area (Å²) < 4.78 is 0. The predicted molar refractivity (Wildman–Crippen MR) is 55.3 cm³/mol. The van der Waals surface area contributed by atoms with Gasteiger partial charge in [-0.2, -0.15) is 0 Å². The van der Waals surface area contributed by atoms with E-state index < -0.39 is 12.3 Å². The standard InChI is InChI=1S/C10H16N4/c1-7(2)9(11-5)13-14-10(12-6)8(3)4/h7-10H,1-4H3. The van der Waals surface area contributed by atoms with Crippen molar-refractivity contribution >= 4 is 0 Å².